The van der Waals surface area contributed by atoms with Crippen LogP contribution < -0.4 is 16.2 Å². The minimum atomic E-state index is -0.840. The molecule has 5 rings (SSSR count). The van der Waals surface area contributed by atoms with Gasteiger partial charge in [0.1, 0.15) is 12.3 Å². The Morgan fingerprint density at radius 3 is 2.88 bits per heavy atom. The Morgan fingerprint density at radius 2 is 2.12 bits per heavy atom. The van der Waals surface area contributed by atoms with Crippen molar-refractivity contribution in [2.45, 2.75) is 31.8 Å². The Kier molecular flexibility index (Phi) is 5.29. The van der Waals surface area contributed by atoms with E-state index in [-0.39, 0.29) is 36.0 Å². The summed E-state index contributed by atoms with van der Waals surface area (Å²) in [6.45, 7) is 1.09. The van der Waals surface area contributed by atoms with Crippen LogP contribution >= 0.6 is 0 Å². The van der Waals surface area contributed by atoms with Crippen molar-refractivity contribution in [2.24, 2.45) is 0 Å². The van der Waals surface area contributed by atoms with Gasteiger partial charge in [0.05, 0.1) is 30.4 Å². The number of carbonyl (C=O) groups is 1. The Morgan fingerprint density at radius 1 is 1.30 bits per heavy atom. The van der Waals surface area contributed by atoms with E-state index >= 15 is 0 Å². The molecule has 1 aliphatic rings. The Balaban J connectivity index is 1.59. The first-order valence-corrected chi connectivity index (χ1v) is 10.4. The van der Waals surface area contributed by atoms with E-state index in [9.17, 15) is 19.8 Å². The van der Waals surface area contributed by atoms with E-state index in [1.54, 1.807) is 10.6 Å². The molecule has 170 valence electrons. The predicted molar refractivity (Wildman–Crippen MR) is 121 cm³/mol. The van der Waals surface area contributed by atoms with Crippen LogP contribution in [0.2, 0.25) is 0 Å². The number of hydrogen-bond donors (Lipinski definition) is 5. The molecule has 5 N–H and O–H groups in total. The summed E-state index contributed by atoms with van der Waals surface area (Å²) in [5.74, 6) is -0.0897. The molecule has 1 saturated heterocycles. The van der Waals surface area contributed by atoms with Crippen LogP contribution in [0.25, 0.3) is 21.9 Å². The van der Waals surface area contributed by atoms with Crippen molar-refractivity contribution in [3.63, 3.8) is 0 Å². The molecule has 0 unspecified atom stereocenters. The zero-order valence-corrected chi connectivity index (χ0v) is 17.6. The van der Waals surface area contributed by atoms with E-state index in [1.807, 2.05) is 30.3 Å². The van der Waals surface area contributed by atoms with E-state index in [4.69, 9.17) is 4.74 Å². The number of nitrogens with zero attached hydrogens (tertiary/aromatic N) is 3. The van der Waals surface area contributed by atoms with Crippen molar-refractivity contribution in [1.29, 1.82) is 0 Å². The van der Waals surface area contributed by atoms with Crippen LogP contribution in [0.4, 0.5) is 17.3 Å². The SMILES string of the molecule is CC(=O)Nc1ccc2ccccc2c1Nc1nc2c(ncn2[C@H]2C[C@H](O)[C@@H](CO)O2)c(=O)[nH]1. The number of rotatable bonds is 5. The van der Waals surface area contributed by atoms with Gasteiger partial charge < -0.3 is 25.6 Å². The van der Waals surface area contributed by atoms with E-state index in [2.05, 4.69) is 25.6 Å². The highest BCUT2D eigenvalue weighted by Crippen LogP contribution is 2.34. The molecule has 2 aromatic carbocycles. The van der Waals surface area contributed by atoms with Crippen LogP contribution in [0.15, 0.2) is 47.5 Å². The van der Waals surface area contributed by atoms with Gasteiger partial charge in [-0.25, -0.2) is 4.98 Å². The lowest BCUT2D eigenvalue weighted by atomic mass is 10.1. The lowest BCUT2D eigenvalue weighted by Gasteiger charge is -2.16. The largest absolute Gasteiger partial charge is 0.394 e. The first-order valence-electron chi connectivity index (χ1n) is 10.4. The third kappa shape index (κ3) is 3.82. The van der Waals surface area contributed by atoms with Gasteiger partial charge in [-0.05, 0) is 11.5 Å². The molecule has 3 heterocycles. The maximum Gasteiger partial charge on any atom is 0.280 e. The molecule has 11 heteroatoms. The second-order valence-corrected chi connectivity index (χ2v) is 7.87. The Labute approximate surface area is 187 Å². The number of ether oxygens (including phenoxy) is 1. The minimum absolute atomic E-state index is 0.117. The number of benzene rings is 2. The summed E-state index contributed by atoms with van der Waals surface area (Å²) >= 11 is 0. The molecule has 1 fully saturated rings. The van der Waals surface area contributed by atoms with Gasteiger partial charge >= 0.3 is 0 Å². The van der Waals surface area contributed by atoms with Gasteiger partial charge in [-0.2, -0.15) is 4.98 Å². The first-order chi connectivity index (χ1) is 15.9. The summed E-state index contributed by atoms with van der Waals surface area (Å²) in [6.07, 6.45) is -0.536. The quantitative estimate of drug-likeness (QED) is 0.307. The van der Waals surface area contributed by atoms with Crippen LogP contribution in [-0.2, 0) is 9.53 Å². The van der Waals surface area contributed by atoms with Gasteiger partial charge in [0.25, 0.3) is 5.56 Å². The number of aliphatic hydroxyl groups excluding tert-OH is 2. The summed E-state index contributed by atoms with van der Waals surface area (Å²) < 4.78 is 7.26. The fourth-order valence-corrected chi connectivity index (χ4v) is 4.06. The van der Waals surface area contributed by atoms with E-state index in [0.29, 0.717) is 11.4 Å². The monoisotopic (exact) mass is 450 g/mol. The lowest BCUT2D eigenvalue weighted by Crippen LogP contribution is -2.24. The summed E-state index contributed by atoms with van der Waals surface area (Å²) in [5.41, 5.74) is 1.03. The van der Waals surface area contributed by atoms with Crippen molar-refractivity contribution in [1.82, 2.24) is 19.5 Å². The van der Waals surface area contributed by atoms with E-state index in [0.717, 1.165) is 10.8 Å². The molecule has 0 saturated carbocycles. The van der Waals surface area contributed by atoms with Crippen LogP contribution in [-0.4, -0.2) is 54.5 Å². The number of anilines is 3. The average molecular weight is 450 g/mol. The minimum Gasteiger partial charge on any atom is -0.394 e. The molecule has 1 amide bonds. The van der Waals surface area contributed by atoms with E-state index < -0.39 is 24.0 Å². The summed E-state index contributed by atoms with van der Waals surface area (Å²) in [6, 6.07) is 11.3. The molecule has 33 heavy (non-hydrogen) atoms. The number of fused-ring (bicyclic) bond motifs is 2. The van der Waals surface area contributed by atoms with Gasteiger partial charge in [-0.3, -0.25) is 19.1 Å². The number of aromatic nitrogens is 4. The van der Waals surface area contributed by atoms with Gasteiger partial charge in [0.2, 0.25) is 11.9 Å². The highest BCUT2D eigenvalue weighted by Gasteiger charge is 2.35. The molecule has 0 bridgehead atoms. The smallest absolute Gasteiger partial charge is 0.280 e. The second kappa shape index (κ2) is 8.28. The number of carbonyl (C=O) groups excluding carboxylic acids is 1. The third-order valence-electron chi connectivity index (χ3n) is 5.61. The van der Waals surface area contributed by atoms with Crippen LogP contribution in [0.5, 0.6) is 0 Å². The molecule has 4 aromatic rings. The molecule has 0 radical (unpaired) electrons. The van der Waals surface area contributed by atoms with Gasteiger partial charge in [-0.1, -0.05) is 30.3 Å². The predicted octanol–water partition coefficient (Wildman–Crippen LogP) is 1.62. The molecule has 1 aliphatic heterocycles. The molecule has 3 atom stereocenters. The maximum absolute atomic E-state index is 12.7. The number of H-pyrrole nitrogens is 1. The normalized spacial score (nSPS) is 20.4. The van der Waals surface area contributed by atoms with Gasteiger partial charge in [0, 0.05) is 18.7 Å². The van der Waals surface area contributed by atoms with Crippen LogP contribution in [0.1, 0.15) is 19.6 Å². The molecule has 0 aliphatic carbocycles. The van der Waals surface area contributed by atoms with Crippen LogP contribution in [0, 0.1) is 0 Å². The summed E-state index contributed by atoms with van der Waals surface area (Å²) in [5, 5.41) is 27.2. The number of aliphatic hydroxyl groups is 2. The molecule has 2 aromatic heterocycles. The van der Waals surface area contributed by atoms with Gasteiger partial charge in [0.15, 0.2) is 11.2 Å². The van der Waals surface area contributed by atoms with Crippen LogP contribution in [0.3, 0.4) is 0 Å². The highest BCUT2D eigenvalue weighted by atomic mass is 16.5. The first kappa shape index (κ1) is 21.1. The zero-order chi connectivity index (χ0) is 23.1. The Hall–Kier alpha value is -3.80. The maximum atomic E-state index is 12.7. The average Bonchev–Trinajstić information content (AvgIpc) is 3.38. The molecular weight excluding hydrogens is 428 g/mol. The highest BCUT2D eigenvalue weighted by molar-refractivity contribution is 6.05. The number of aromatic amines is 1. The van der Waals surface area contributed by atoms with Crippen molar-refractivity contribution in [3.05, 3.63) is 53.1 Å². The van der Waals surface area contributed by atoms with Crippen molar-refractivity contribution >= 4 is 45.2 Å². The fraction of sp³-hybridized carbons (Fsp3) is 0.273. The zero-order valence-electron chi connectivity index (χ0n) is 17.6. The Bertz CT molecular complexity index is 1410. The molecule has 11 nitrogen and oxygen atoms in total. The van der Waals surface area contributed by atoms with Gasteiger partial charge in [-0.15, -0.1) is 0 Å². The van der Waals surface area contributed by atoms with Crippen molar-refractivity contribution in [2.75, 3.05) is 17.2 Å². The molecular formula is C22H22N6O5. The molecule has 0 spiro atoms. The lowest BCUT2D eigenvalue weighted by molar-refractivity contribution is -0.114. The fourth-order valence-electron chi connectivity index (χ4n) is 4.06. The number of hydrogen-bond acceptors (Lipinski definition) is 8. The standard InChI is InChI=1S/C22H22N6O5/c1-11(30)24-14-7-6-12-4-2-3-5-13(12)18(14)25-22-26-20-19(21(32)27-22)23-10-28(20)17-8-15(31)16(9-29)33-17/h2-7,10,15-17,29,31H,8-9H2,1H3,(H,24,30)(H2,25,26,27,32)/t15-,16+,17+/m0/s1. The summed E-state index contributed by atoms with van der Waals surface area (Å²) in [7, 11) is 0. The van der Waals surface area contributed by atoms with E-state index in [1.165, 1.54) is 13.3 Å². The van der Waals surface area contributed by atoms with Crippen molar-refractivity contribution < 1.29 is 19.7 Å². The number of imidazole rings is 1. The van der Waals surface area contributed by atoms with Crippen molar-refractivity contribution in [3.8, 4) is 0 Å². The topological polar surface area (TPSA) is 154 Å². The summed E-state index contributed by atoms with van der Waals surface area (Å²) in [4.78, 5) is 35.8. The third-order valence-corrected chi connectivity index (χ3v) is 5.61. The second-order valence-electron chi connectivity index (χ2n) is 7.87. The number of amides is 1. The number of nitrogens with one attached hydrogen (secondary N) is 3.